The number of nitrogens with zero attached hydrogens (tertiary/aromatic N) is 1. The highest BCUT2D eigenvalue weighted by atomic mass is 16.6. The van der Waals surface area contributed by atoms with Gasteiger partial charge in [-0.15, -0.1) is 0 Å². The Kier molecular flexibility index (Phi) is 13.7. The minimum Gasteiger partial charge on any atom is -0.466 e. The molecule has 1 aromatic carbocycles. The van der Waals surface area contributed by atoms with Gasteiger partial charge in [0, 0.05) is 50.9 Å². The fourth-order valence-corrected chi connectivity index (χ4v) is 7.23. The largest absolute Gasteiger partial charge is 0.466 e. The number of rotatable bonds is 16. The van der Waals surface area contributed by atoms with Crippen molar-refractivity contribution in [2.45, 2.75) is 104 Å². The Balaban J connectivity index is 1.34. The van der Waals surface area contributed by atoms with Gasteiger partial charge in [0.05, 0.1) is 12.9 Å². The lowest BCUT2D eigenvalue weighted by Gasteiger charge is -2.43. The first-order valence-electron chi connectivity index (χ1n) is 17.6. The summed E-state index contributed by atoms with van der Waals surface area (Å²) in [6.45, 7) is 9.34. The van der Waals surface area contributed by atoms with Crippen molar-refractivity contribution < 1.29 is 37.8 Å². The fraction of sp³-hybridized carbons (Fsp3) is 0.632. The van der Waals surface area contributed by atoms with E-state index in [2.05, 4.69) is 10.2 Å². The van der Waals surface area contributed by atoms with Crippen LogP contribution in [0.5, 0.6) is 0 Å². The second-order valence-electron chi connectivity index (χ2n) is 14.1. The summed E-state index contributed by atoms with van der Waals surface area (Å²) in [5.41, 5.74) is 2.43. The maximum absolute atomic E-state index is 13.2. The molecule has 2 aromatic rings. The Morgan fingerprint density at radius 1 is 0.854 bits per heavy atom. The van der Waals surface area contributed by atoms with Crippen molar-refractivity contribution in [2.75, 3.05) is 39.5 Å². The van der Waals surface area contributed by atoms with Crippen molar-refractivity contribution in [2.24, 2.45) is 10.8 Å². The first-order valence-corrected chi connectivity index (χ1v) is 17.6. The van der Waals surface area contributed by atoms with Crippen LogP contribution >= 0.6 is 0 Å². The molecule has 2 fully saturated rings. The van der Waals surface area contributed by atoms with Gasteiger partial charge in [0.1, 0.15) is 13.2 Å². The summed E-state index contributed by atoms with van der Waals surface area (Å²) in [5.74, 6) is -0.972. The lowest BCUT2D eigenvalue weighted by molar-refractivity contribution is -0.156. The Bertz CT molecular complexity index is 1330. The average Bonchev–Trinajstić information content (AvgIpc) is 3.56. The molecule has 48 heavy (non-hydrogen) atoms. The minimum atomic E-state index is -0.638. The zero-order chi connectivity index (χ0) is 34.6. The number of aryl methyl sites for hydroxylation is 1. The molecule has 0 atom stereocenters. The van der Waals surface area contributed by atoms with Crippen LogP contribution in [0, 0.1) is 17.8 Å². The molecule has 0 radical (unpaired) electrons. The molecule has 1 aliphatic heterocycles. The number of carbonyl (C=O) groups is 4. The molecule has 1 aliphatic carbocycles. The zero-order valence-electron chi connectivity index (χ0n) is 29.3. The maximum Gasteiger partial charge on any atom is 0.302 e. The molecule has 2 aliphatic rings. The number of benzene rings is 1. The average molecular weight is 667 g/mol. The Morgan fingerprint density at radius 3 is 2.08 bits per heavy atom. The van der Waals surface area contributed by atoms with E-state index in [1.165, 1.54) is 40.0 Å². The summed E-state index contributed by atoms with van der Waals surface area (Å²) in [6.07, 6.45) is 12.3. The molecular weight excluding hydrogens is 612 g/mol. The fourth-order valence-electron chi connectivity index (χ4n) is 7.23. The van der Waals surface area contributed by atoms with Gasteiger partial charge in [-0.05, 0) is 81.9 Å². The lowest BCUT2D eigenvalue weighted by Crippen LogP contribution is -2.45. The molecule has 1 saturated heterocycles. The predicted molar refractivity (Wildman–Crippen MR) is 182 cm³/mol. The smallest absolute Gasteiger partial charge is 0.302 e. The van der Waals surface area contributed by atoms with Gasteiger partial charge in [0.2, 0.25) is 0 Å². The van der Waals surface area contributed by atoms with Gasteiger partial charge in [-0.2, -0.15) is 0 Å². The molecule has 10 heteroatoms. The Morgan fingerprint density at radius 2 is 1.48 bits per heavy atom. The van der Waals surface area contributed by atoms with Gasteiger partial charge in [0.25, 0.3) is 5.91 Å². The van der Waals surface area contributed by atoms with Crippen molar-refractivity contribution in [1.29, 1.82) is 0 Å². The van der Waals surface area contributed by atoms with Crippen LogP contribution < -0.4 is 5.32 Å². The van der Waals surface area contributed by atoms with Crippen molar-refractivity contribution >= 4 is 23.8 Å². The third kappa shape index (κ3) is 11.2. The SMILES string of the molecule is CC(=O)OCCC(CCC1(CCN2CCC(NC(=O)c3occc3-c3ccc(C)cc3)CC2)CCCCC1)(COC(C)=O)COC(C)=O. The van der Waals surface area contributed by atoms with Crippen molar-refractivity contribution in [3.05, 3.63) is 47.9 Å². The summed E-state index contributed by atoms with van der Waals surface area (Å²) in [5, 5.41) is 3.21. The van der Waals surface area contributed by atoms with Crippen LogP contribution in [-0.2, 0) is 28.6 Å². The molecule has 0 unspecified atom stereocenters. The normalized spacial score (nSPS) is 17.0. The third-order valence-electron chi connectivity index (χ3n) is 10.3. The van der Waals surface area contributed by atoms with Crippen LogP contribution in [0.2, 0.25) is 0 Å². The van der Waals surface area contributed by atoms with E-state index in [4.69, 9.17) is 18.6 Å². The van der Waals surface area contributed by atoms with Crippen LogP contribution in [0.25, 0.3) is 11.1 Å². The highest BCUT2D eigenvalue weighted by molar-refractivity contribution is 5.98. The molecule has 1 saturated carbocycles. The minimum absolute atomic E-state index is 0.0914. The first kappa shape index (κ1) is 37.2. The molecule has 2 heterocycles. The number of amides is 1. The van der Waals surface area contributed by atoms with E-state index in [0.717, 1.165) is 74.8 Å². The molecule has 0 spiro atoms. The molecule has 0 bridgehead atoms. The maximum atomic E-state index is 13.2. The summed E-state index contributed by atoms with van der Waals surface area (Å²) in [7, 11) is 0. The molecule has 4 rings (SSSR count). The van der Waals surface area contributed by atoms with Gasteiger partial charge < -0.3 is 28.8 Å². The predicted octanol–water partition coefficient (Wildman–Crippen LogP) is 6.64. The number of nitrogens with one attached hydrogen (secondary N) is 1. The number of hydrogen-bond donors (Lipinski definition) is 1. The molecule has 264 valence electrons. The number of ether oxygens (including phenoxy) is 3. The first-order chi connectivity index (χ1) is 23.0. The van der Waals surface area contributed by atoms with E-state index >= 15 is 0 Å². The molecular formula is C38H54N2O8. The number of furan rings is 1. The highest BCUT2D eigenvalue weighted by Crippen LogP contribution is 2.46. The van der Waals surface area contributed by atoms with Crippen molar-refractivity contribution in [1.82, 2.24) is 10.2 Å². The second-order valence-corrected chi connectivity index (χ2v) is 14.1. The summed E-state index contributed by atoms with van der Waals surface area (Å²) < 4.78 is 21.9. The van der Waals surface area contributed by atoms with Gasteiger partial charge in [-0.1, -0.05) is 49.1 Å². The van der Waals surface area contributed by atoms with Crippen molar-refractivity contribution in [3.8, 4) is 11.1 Å². The number of piperidine rings is 1. The van der Waals surface area contributed by atoms with E-state index < -0.39 is 17.4 Å². The van der Waals surface area contributed by atoms with E-state index in [-0.39, 0.29) is 43.2 Å². The molecule has 1 aromatic heterocycles. The van der Waals surface area contributed by atoms with E-state index in [9.17, 15) is 19.2 Å². The Hall–Kier alpha value is -3.66. The summed E-state index contributed by atoms with van der Waals surface area (Å²) in [6, 6.07) is 10.0. The monoisotopic (exact) mass is 666 g/mol. The zero-order valence-corrected chi connectivity index (χ0v) is 29.3. The van der Waals surface area contributed by atoms with Crippen LogP contribution in [0.15, 0.2) is 41.0 Å². The number of carbonyl (C=O) groups excluding carboxylic acids is 4. The van der Waals surface area contributed by atoms with Gasteiger partial charge in [0.15, 0.2) is 5.76 Å². The quantitative estimate of drug-likeness (QED) is 0.155. The van der Waals surface area contributed by atoms with E-state index in [1.54, 1.807) is 6.26 Å². The molecule has 1 N–H and O–H groups in total. The van der Waals surface area contributed by atoms with Gasteiger partial charge >= 0.3 is 17.9 Å². The number of hydrogen-bond acceptors (Lipinski definition) is 9. The van der Waals surface area contributed by atoms with Crippen molar-refractivity contribution in [3.63, 3.8) is 0 Å². The van der Waals surface area contributed by atoms with E-state index in [0.29, 0.717) is 18.6 Å². The number of esters is 3. The Labute approximate surface area is 285 Å². The molecule has 1 amide bonds. The third-order valence-corrected chi connectivity index (χ3v) is 10.3. The standard InChI is InChI=1S/C38H54N2O8/c1-28-8-10-32(11-9-28)34-14-24-46-35(34)36(44)39-33-12-21-40(22-13-33)23-19-37(15-6-5-7-16-37)17-18-38(26-47-30(3)42,27-48-31(4)43)20-25-45-29(2)41/h8-11,14,24,33H,5-7,12-13,15-23,25-27H2,1-4H3,(H,39,44). The van der Waals surface area contributed by atoms with Crippen LogP contribution in [0.3, 0.4) is 0 Å². The van der Waals surface area contributed by atoms with Crippen LogP contribution in [0.4, 0.5) is 0 Å². The van der Waals surface area contributed by atoms with Crippen LogP contribution in [0.1, 0.15) is 108 Å². The number of likely N-dealkylation sites (tertiary alicyclic amines) is 1. The second kappa shape index (κ2) is 17.7. The van der Waals surface area contributed by atoms with E-state index in [1.807, 2.05) is 37.3 Å². The highest BCUT2D eigenvalue weighted by Gasteiger charge is 2.39. The molecule has 10 nitrogen and oxygen atoms in total. The summed E-state index contributed by atoms with van der Waals surface area (Å²) in [4.78, 5) is 50.9. The lowest BCUT2D eigenvalue weighted by atomic mass is 9.66. The van der Waals surface area contributed by atoms with Crippen LogP contribution in [-0.4, -0.2) is 74.2 Å². The summed E-state index contributed by atoms with van der Waals surface area (Å²) >= 11 is 0. The topological polar surface area (TPSA) is 124 Å². The van der Waals surface area contributed by atoms with Gasteiger partial charge in [-0.3, -0.25) is 19.2 Å². The van der Waals surface area contributed by atoms with Gasteiger partial charge in [-0.25, -0.2) is 0 Å².